The molecular formula is C14H20F3NO2S. The van der Waals surface area contributed by atoms with Gasteiger partial charge in [0, 0.05) is 35.5 Å². The number of rotatable bonds is 8. The summed E-state index contributed by atoms with van der Waals surface area (Å²) in [5, 5.41) is 3.08. The minimum Gasteiger partial charge on any atom is -0.384 e. The van der Waals surface area contributed by atoms with Gasteiger partial charge in [-0.2, -0.15) is 13.2 Å². The van der Waals surface area contributed by atoms with Crippen molar-refractivity contribution in [1.29, 1.82) is 0 Å². The quantitative estimate of drug-likeness (QED) is 0.799. The highest BCUT2D eigenvalue weighted by Crippen LogP contribution is 2.30. The van der Waals surface area contributed by atoms with Crippen molar-refractivity contribution in [2.24, 2.45) is 0 Å². The molecule has 120 valence electrons. The molecule has 3 nitrogen and oxygen atoms in total. The van der Waals surface area contributed by atoms with Gasteiger partial charge in [-0.05, 0) is 24.2 Å². The molecule has 0 bridgehead atoms. The lowest BCUT2D eigenvalue weighted by Crippen LogP contribution is -2.27. The van der Waals surface area contributed by atoms with Gasteiger partial charge in [-0.15, -0.1) is 0 Å². The maximum absolute atomic E-state index is 12.7. The van der Waals surface area contributed by atoms with E-state index in [2.05, 4.69) is 5.32 Å². The summed E-state index contributed by atoms with van der Waals surface area (Å²) in [5.41, 5.74) is -0.192. The second-order valence-electron chi connectivity index (χ2n) is 4.54. The van der Waals surface area contributed by atoms with Crippen LogP contribution in [0, 0.1) is 0 Å². The third-order valence-corrected chi connectivity index (χ3v) is 4.26. The normalized spacial score (nSPS) is 14.9. The number of hydrogen-bond donors (Lipinski definition) is 1. The van der Waals surface area contributed by atoms with Crippen LogP contribution in [0.1, 0.15) is 24.1 Å². The summed E-state index contributed by atoms with van der Waals surface area (Å²) in [4.78, 5) is 0. The number of methoxy groups -OCH3 is 1. The summed E-state index contributed by atoms with van der Waals surface area (Å²) in [6.45, 7) is 2.81. The standard InChI is InChI=1S/C14H20F3NO2S/c1-3-18-13(10-21(19)8-7-20-2)11-5-4-6-12(9-11)14(15,16)17/h4-6,9,13,18H,3,7-8,10H2,1-2H3. The molecule has 0 aliphatic carbocycles. The summed E-state index contributed by atoms with van der Waals surface area (Å²) in [7, 11) is 0.371. The minimum atomic E-state index is -4.37. The molecule has 0 aromatic heterocycles. The van der Waals surface area contributed by atoms with E-state index in [1.54, 1.807) is 6.07 Å². The van der Waals surface area contributed by atoms with Crippen molar-refractivity contribution in [3.63, 3.8) is 0 Å². The molecule has 0 saturated heterocycles. The highest BCUT2D eigenvalue weighted by Gasteiger charge is 2.31. The summed E-state index contributed by atoms with van der Waals surface area (Å²) >= 11 is 0. The lowest BCUT2D eigenvalue weighted by Gasteiger charge is -2.19. The Balaban J connectivity index is 2.87. The smallest absolute Gasteiger partial charge is 0.384 e. The number of nitrogens with one attached hydrogen (secondary N) is 1. The van der Waals surface area contributed by atoms with Gasteiger partial charge in [0.25, 0.3) is 0 Å². The average Bonchev–Trinajstić information content (AvgIpc) is 2.44. The van der Waals surface area contributed by atoms with E-state index < -0.39 is 22.5 Å². The van der Waals surface area contributed by atoms with Gasteiger partial charge in [-0.1, -0.05) is 19.1 Å². The molecule has 0 aliphatic rings. The van der Waals surface area contributed by atoms with E-state index in [1.165, 1.54) is 13.2 Å². The van der Waals surface area contributed by atoms with E-state index in [1.807, 2.05) is 6.92 Å². The second-order valence-corrected chi connectivity index (χ2v) is 6.16. The first-order chi connectivity index (χ1) is 9.88. The second kappa shape index (κ2) is 8.51. The van der Waals surface area contributed by atoms with Crippen molar-refractivity contribution in [3.8, 4) is 0 Å². The SMILES string of the molecule is CCNC(CS(=O)CCOC)c1cccc(C(F)(F)F)c1. The van der Waals surface area contributed by atoms with E-state index in [0.717, 1.165) is 12.1 Å². The molecular weight excluding hydrogens is 303 g/mol. The summed E-state index contributed by atoms with van der Waals surface area (Å²) < 4.78 is 55.0. The molecule has 1 N–H and O–H groups in total. The van der Waals surface area contributed by atoms with Crippen LogP contribution in [-0.4, -0.2) is 36.0 Å². The Labute approximate surface area is 125 Å². The molecule has 2 atom stereocenters. The first-order valence-corrected chi connectivity index (χ1v) is 8.11. The van der Waals surface area contributed by atoms with Crippen molar-refractivity contribution in [2.45, 2.75) is 19.1 Å². The van der Waals surface area contributed by atoms with Gasteiger partial charge in [0.15, 0.2) is 0 Å². The van der Waals surface area contributed by atoms with Gasteiger partial charge in [0.2, 0.25) is 0 Å². The molecule has 0 saturated carbocycles. The first-order valence-electron chi connectivity index (χ1n) is 6.63. The highest BCUT2D eigenvalue weighted by atomic mass is 32.2. The van der Waals surface area contributed by atoms with Gasteiger partial charge < -0.3 is 10.1 Å². The Morgan fingerprint density at radius 1 is 1.38 bits per heavy atom. The Hall–Kier alpha value is -0.920. The van der Waals surface area contributed by atoms with Crippen molar-refractivity contribution in [2.75, 3.05) is 31.8 Å². The van der Waals surface area contributed by atoms with Crippen molar-refractivity contribution >= 4 is 10.8 Å². The number of benzene rings is 1. The van der Waals surface area contributed by atoms with Crippen molar-refractivity contribution in [1.82, 2.24) is 5.32 Å². The van der Waals surface area contributed by atoms with Crippen LogP contribution >= 0.6 is 0 Å². The van der Waals surface area contributed by atoms with Crippen LogP contribution in [-0.2, 0) is 21.7 Å². The average molecular weight is 323 g/mol. The fraction of sp³-hybridized carbons (Fsp3) is 0.571. The zero-order valence-corrected chi connectivity index (χ0v) is 12.9. The third kappa shape index (κ3) is 6.15. The van der Waals surface area contributed by atoms with Crippen LogP contribution in [0.25, 0.3) is 0 Å². The Kier molecular flexibility index (Phi) is 7.34. The Morgan fingerprint density at radius 3 is 2.67 bits per heavy atom. The monoisotopic (exact) mass is 323 g/mol. The molecule has 1 rings (SSSR count). The van der Waals surface area contributed by atoms with E-state index in [0.29, 0.717) is 24.5 Å². The van der Waals surface area contributed by atoms with Crippen LogP contribution in [0.5, 0.6) is 0 Å². The van der Waals surface area contributed by atoms with E-state index >= 15 is 0 Å². The van der Waals surface area contributed by atoms with E-state index in [4.69, 9.17) is 4.74 Å². The molecule has 21 heavy (non-hydrogen) atoms. The maximum Gasteiger partial charge on any atom is 0.416 e. The predicted octanol–water partition coefficient (Wildman–Crippen LogP) is 2.75. The first kappa shape index (κ1) is 18.1. The van der Waals surface area contributed by atoms with Crippen molar-refractivity contribution < 1.29 is 22.1 Å². The van der Waals surface area contributed by atoms with E-state index in [-0.39, 0.29) is 11.8 Å². The third-order valence-electron chi connectivity index (χ3n) is 2.93. The Morgan fingerprint density at radius 2 is 2.10 bits per heavy atom. The zero-order valence-electron chi connectivity index (χ0n) is 12.1. The maximum atomic E-state index is 12.7. The molecule has 2 unspecified atom stereocenters. The van der Waals surface area contributed by atoms with Gasteiger partial charge in [-0.3, -0.25) is 4.21 Å². The van der Waals surface area contributed by atoms with Crippen LogP contribution in [0.3, 0.4) is 0 Å². The molecule has 1 aromatic carbocycles. The van der Waals surface area contributed by atoms with Gasteiger partial charge >= 0.3 is 6.18 Å². The number of halogens is 3. The van der Waals surface area contributed by atoms with Crippen LogP contribution < -0.4 is 5.32 Å². The number of hydrogen-bond acceptors (Lipinski definition) is 3. The van der Waals surface area contributed by atoms with Gasteiger partial charge in [0.1, 0.15) is 0 Å². The summed E-state index contributed by atoms with van der Waals surface area (Å²) in [6, 6.07) is 4.78. The molecule has 0 aliphatic heterocycles. The predicted molar refractivity (Wildman–Crippen MR) is 77.6 cm³/mol. The van der Waals surface area contributed by atoms with Crippen LogP contribution in [0.2, 0.25) is 0 Å². The Bertz CT molecular complexity index is 466. The molecule has 1 aromatic rings. The molecule has 7 heteroatoms. The van der Waals surface area contributed by atoms with Crippen LogP contribution in [0.4, 0.5) is 13.2 Å². The molecule has 0 fully saturated rings. The lowest BCUT2D eigenvalue weighted by molar-refractivity contribution is -0.137. The summed E-state index contributed by atoms with van der Waals surface area (Å²) in [6.07, 6.45) is -4.37. The van der Waals surface area contributed by atoms with E-state index in [9.17, 15) is 17.4 Å². The molecule has 0 radical (unpaired) electrons. The van der Waals surface area contributed by atoms with Crippen molar-refractivity contribution in [3.05, 3.63) is 35.4 Å². The minimum absolute atomic E-state index is 0.262. The fourth-order valence-corrected chi connectivity index (χ4v) is 3.10. The summed E-state index contributed by atoms with van der Waals surface area (Å²) in [5.74, 6) is 0.635. The number of ether oxygens (including phenoxy) is 1. The number of alkyl halides is 3. The molecule has 0 heterocycles. The lowest BCUT2D eigenvalue weighted by atomic mass is 10.0. The largest absolute Gasteiger partial charge is 0.416 e. The van der Waals surface area contributed by atoms with Gasteiger partial charge in [0.05, 0.1) is 12.2 Å². The fourth-order valence-electron chi connectivity index (χ4n) is 1.90. The molecule has 0 spiro atoms. The highest BCUT2D eigenvalue weighted by molar-refractivity contribution is 7.85. The van der Waals surface area contributed by atoms with Gasteiger partial charge in [-0.25, -0.2) is 0 Å². The zero-order chi connectivity index (χ0) is 15.9. The van der Waals surface area contributed by atoms with Crippen LogP contribution in [0.15, 0.2) is 24.3 Å². The molecule has 0 amide bonds. The topological polar surface area (TPSA) is 38.3 Å².